The van der Waals surface area contributed by atoms with E-state index in [9.17, 15) is 10.5 Å². The van der Waals surface area contributed by atoms with Crippen molar-refractivity contribution in [2.24, 2.45) is 0 Å². The Morgan fingerprint density at radius 3 is 2.63 bits per heavy atom. The molecule has 0 radical (unpaired) electrons. The van der Waals surface area contributed by atoms with Crippen molar-refractivity contribution >= 4 is 33.4 Å². The first-order valence-corrected chi connectivity index (χ1v) is 8.72. The van der Waals surface area contributed by atoms with Crippen molar-refractivity contribution in [3.8, 4) is 23.5 Å². The summed E-state index contributed by atoms with van der Waals surface area (Å²) in [6, 6.07) is 15.2. The molecule has 0 bridgehead atoms. The molecule has 3 N–H and O–H groups in total. The molecule has 0 fully saturated rings. The lowest BCUT2D eigenvalue weighted by Crippen LogP contribution is -2.07. The molecule has 0 aliphatic rings. The van der Waals surface area contributed by atoms with Gasteiger partial charge in [0.2, 0.25) is 0 Å². The molecule has 0 amide bonds. The molecule has 7 nitrogen and oxygen atoms in total. The van der Waals surface area contributed by atoms with Crippen LogP contribution in [0.4, 0.5) is 5.82 Å². The van der Waals surface area contributed by atoms with Gasteiger partial charge in [0.15, 0.2) is 0 Å². The van der Waals surface area contributed by atoms with Gasteiger partial charge in [-0.3, -0.25) is 0 Å². The maximum absolute atomic E-state index is 9.53. The highest BCUT2D eigenvalue weighted by Gasteiger charge is 2.19. The SMILES string of the molecule is N#CC(=Cc1ccc(-c2ccc(Br)cc2)o1)c1nn(CCO)c(N)c1C#N. The molecule has 8 heteroatoms. The van der Waals surface area contributed by atoms with E-state index in [1.807, 2.05) is 36.4 Å². The Bertz CT molecular complexity index is 1080. The number of nitriles is 2. The van der Waals surface area contributed by atoms with Crippen molar-refractivity contribution in [2.45, 2.75) is 6.54 Å². The third-order valence-corrected chi connectivity index (χ3v) is 4.36. The summed E-state index contributed by atoms with van der Waals surface area (Å²) in [6.07, 6.45) is 1.51. The Morgan fingerprint density at radius 1 is 1.26 bits per heavy atom. The number of hydrogen-bond acceptors (Lipinski definition) is 6. The summed E-state index contributed by atoms with van der Waals surface area (Å²) in [5, 5.41) is 32.2. The second kappa shape index (κ2) is 7.92. The first-order valence-electron chi connectivity index (χ1n) is 7.92. The predicted molar refractivity (Wildman–Crippen MR) is 104 cm³/mol. The molecular formula is C19H14BrN5O2. The molecule has 0 aliphatic carbocycles. The molecule has 0 aliphatic heterocycles. The minimum absolute atomic E-state index is 0.0935. The van der Waals surface area contributed by atoms with Crippen LogP contribution in [0.1, 0.15) is 17.0 Å². The van der Waals surface area contributed by atoms with Crippen LogP contribution in [0.2, 0.25) is 0 Å². The van der Waals surface area contributed by atoms with Gasteiger partial charge in [0.05, 0.1) is 18.7 Å². The number of anilines is 1. The van der Waals surface area contributed by atoms with Crippen molar-refractivity contribution in [1.82, 2.24) is 9.78 Å². The number of benzene rings is 1. The third-order valence-electron chi connectivity index (χ3n) is 3.83. The fourth-order valence-corrected chi connectivity index (χ4v) is 2.80. The van der Waals surface area contributed by atoms with Crippen LogP contribution in [0.15, 0.2) is 45.3 Å². The molecule has 0 saturated carbocycles. The number of nitrogen functional groups attached to an aromatic ring is 1. The Morgan fingerprint density at radius 2 is 2.00 bits per heavy atom. The lowest BCUT2D eigenvalue weighted by molar-refractivity contribution is 0.270. The average Bonchev–Trinajstić information content (AvgIpc) is 3.25. The van der Waals surface area contributed by atoms with Gasteiger partial charge >= 0.3 is 0 Å². The highest BCUT2D eigenvalue weighted by Crippen LogP contribution is 2.28. The van der Waals surface area contributed by atoms with Crippen LogP contribution in [-0.2, 0) is 6.54 Å². The zero-order valence-corrected chi connectivity index (χ0v) is 15.6. The molecular weight excluding hydrogens is 410 g/mol. The minimum atomic E-state index is -0.184. The van der Waals surface area contributed by atoms with Crippen LogP contribution in [0.5, 0.6) is 0 Å². The summed E-state index contributed by atoms with van der Waals surface area (Å²) >= 11 is 3.39. The molecule has 0 unspecified atom stereocenters. The largest absolute Gasteiger partial charge is 0.457 e. The van der Waals surface area contributed by atoms with Crippen molar-refractivity contribution < 1.29 is 9.52 Å². The van der Waals surface area contributed by atoms with Gasteiger partial charge in [0, 0.05) is 16.1 Å². The van der Waals surface area contributed by atoms with Gasteiger partial charge in [-0.25, -0.2) is 4.68 Å². The quantitative estimate of drug-likeness (QED) is 0.605. The summed E-state index contributed by atoms with van der Waals surface area (Å²) in [7, 11) is 0. The molecule has 3 rings (SSSR count). The van der Waals surface area contributed by atoms with Crippen molar-refractivity contribution in [2.75, 3.05) is 12.3 Å². The van der Waals surface area contributed by atoms with Crippen LogP contribution in [0, 0.1) is 22.7 Å². The first-order chi connectivity index (χ1) is 13.1. The Kier molecular flexibility index (Phi) is 5.41. The van der Waals surface area contributed by atoms with E-state index in [1.54, 1.807) is 12.1 Å². The highest BCUT2D eigenvalue weighted by atomic mass is 79.9. The van der Waals surface area contributed by atoms with Crippen molar-refractivity contribution in [3.63, 3.8) is 0 Å². The van der Waals surface area contributed by atoms with E-state index in [2.05, 4.69) is 21.0 Å². The smallest absolute Gasteiger partial charge is 0.140 e. The number of aliphatic hydroxyl groups excluding tert-OH is 1. The molecule has 3 aromatic rings. The van der Waals surface area contributed by atoms with E-state index < -0.39 is 0 Å². The predicted octanol–water partition coefficient (Wildman–Crippen LogP) is 3.42. The number of nitrogens with two attached hydrogens (primary N) is 1. The number of furan rings is 1. The monoisotopic (exact) mass is 423 g/mol. The molecule has 2 aromatic heterocycles. The number of aliphatic hydroxyl groups is 1. The van der Waals surface area contributed by atoms with Gasteiger partial charge in [-0.05, 0) is 24.3 Å². The normalized spacial score (nSPS) is 11.2. The topological polar surface area (TPSA) is 125 Å². The maximum Gasteiger partial charge on any atom is 0.140 e. The highest BCUT2D eigenvalue weighted by molar-refractivity contribution is 9.10. The second-order valence-corrected chi connectivity index (χ2v) is 6.46. The van der Waals surface area contributed by atoms with E-state index >= 15 is 0 Å². The fraction of sp³-hybridized carbons (Fsp3) is 0.105. The van der Waals surface area contributed by atoms with Gasteiger partial charge in [0.1, 0.15) is 40.7 Å². The van der Waals surface area contributed by atoms with Crippen LogP contribution >= 0.6 is 15.9 Å². The van der Waals surface area contributed by atoms with Crippen molar-refractivity contribution in [3.05, 3.63) is 57.9 Å². The number of nitrogens with zero attached hydrogens (tertiary/aromatic N) is 4. The minimum Gasteiger partial charge on any atom is -0.457 e. The van der Waals surface area contributed by atoms with E-state index in [4.69, 9.17) is 15.3 Å². The molecule has 0 saturated heterocycles. The summed E-state index contributed by atoms with van der Waals surface area (Å²) in [5.74, 6) is 1.21. The van der Waals surface area contributed by atoms with Gasteiger partial charge < -0.3 is 15.3 Å². The molecule has 134 valence electrons. The number of aromatic nitrogens is 2. The summed E-state index contributed by atoms with van der Waals surface area (Å²) < 4.78 is 8.05. The van der Waals surface area contributed by atoms with Gasteiger partial charge in [-0.15, -0.1) is 0 Å². The number of allylic oxidation sites excluding steroid dienone is 1. The van der Waals surface area contributed by atoms with Gasteiger partial charge in [-0.1, -0.05) is 28.1 Å². The summed E-state index contributed by atoms with van der Waals surface area (Å²) in [4.78, 5) is 0. The van der Waals surface area contributed by atoms with Crippen LogP contribution < -0.4 is 5.73 Å². The van der Waals surface area contributed by atoms with Crippen LogP contribution in [0.25, 0.3) is 23.0 Å². The maximum atomic E-state index is 9.53. The number of rotatable bonds is 5. The van der Waals surface area contributed by atoms with E-state index in [0.717, 1.165) is 10.0 Å². The lowest BCUT2D eigenvalue weighted by atomic mass is 10.1. The Labute approximate surface area is 163 Å². The third kappa shape index (κ3) is 3.77. The van der Waals surface area contributed by atoms with Gasteiger partial charge in [-0.2, -0.15) is 15.6 Å². The van der Waals surface area contributed by atoms with Crippen molar-refractivity contribution in [1.29, 1.82) is 10.5 Å². The summed E-state index contributed by atoms with van der Waals surface area (Å²) in [5.41, 5.74) is 7.17. The van der Waals surface area contributed by atoms with Gasteiger partial charge in [0.25, 0.3) is 0 Å². The Hall–Kier alpha value is -3.33. The molecule has 1 aromatic carbocycles. The van der Waals surface area contributed by atoms with E-state index in [1.165, 1.54) is 10.8 Å². The van der Waals surface area contributed by atoms with Crippen LogP contribution in [0.3, 0.4) is 0 Å². The van der Waals surface area contributed by atoms with E-state index in [0.29, 0.717) is 11.5 Å². The second-order valence-electron chi connectivity index (χ2n) is 5.55. The molecule has 2 heterocycles. The zero-order chi connectivity index (χ0) is 19.4. The number of hydrogen-bond donors (Lipinski definition) is 2. The fourth-order valence-electron chi connectivity index (χ4n) is 2.53. The van der Waals surface area contributed by atoms with E-state index in [-0.39, 0.29) is 35.8 Å². The molecule has 27 heavy (non-hydrogen) atoms. The first kappa shape index (κ1) is 18.5. The average molecular weight is 424 g/mol. The van der Waals surface area contributed by atoms with Crippen LogP contribution in [-0.4, -0.2) is 21.5 Å². The molecule has 0 spiro atoms. The number of halogens is 1. The standard InChI is InChI=1S/C19H14BrN5O2/c20-14-3-1-12(2-4-14)17-6-5-15(27-17)9-13(10-21)18-16(11-22)19(23)25(24-18)7-8-26/h1-6,9,26H,7-8,23H2. The Balaban J connectivity index is 1.99. The zero-order valence-electron chi connectivity index (χ0n) is 14.1. The summed E-state index contributed by atoms with van der Waals surface area (Å²) in [6.45, 7) is -0.0514. The lowest BCUT2D eigenvalue weighted by Gasteiger charge is -1.98. The molecule has 0 atom stereocenters.